The van der Waals surface area contributed by atoms with Crippen LogP contribution in [0.15, 0.2) is 48.5 Å². The molecule has 0 aliphatic carbocycles. The lowest BCUT2D eigenvalue weighted by atomic mass is 10.1. The number of nitrogens with one attached hydrogen (secondary N) is 1. The Kier molecular flexibility index (Phi) is 4.27. The monoisotopic (exact) mass is 259 g/mol. The molecule has 18 heavy (non-hydrogen) atoms. The zero-order valence-corrected chi connectivity index (χ0v) is 11.5. The van der Waals surface area contributed by atoms with Gasteiger partial charge in [-0.25, -0.2) is 0 Å². The molecular weight excluding hydrogens is 242 g/mol. The second kappa shape index (κ2) is 5.92. The minimum absolute atomic E-state index is 0.247. The van der Waals surface area contributed by atoms with E-state index in [0.717, 1.165) is 11.4 Å². The summed E-state index contributed by atoms with van der Waals surface area (Å²) in [6.07, 6.45) is 1.03. The Bertz CT molecular complexity index is 522. The van der Waals surface area contributed by atoms with E-state index in [9.17, 15) is 0 Å². The van der Waals surface area contributed by atoms with Gasteiger partial charge in [-0.3, -0.25) is 0 Å². The Balaban J connectivity index is 2.18. The molecule has 0 fully saturated rings. The van der Waals surface area contributed by atoms with Gasteiger partial charge >= 0.3 is 0 Å². The maximum absolute atomic E-state index is 6.02. The van der Waals surface area contributed by atoms with Crippen molar-refractivity contribution in [1.82, 2.24) is 0 Å². The molecule has 1 N–H and O–H groups in total. The topological polar surface area (TPSA) is 12.0 Å². The average molecular weight is 260 g/mol. The van der Waals surface area contributed by atoms with Crippen molar-refractivity contribution in [2.24, 2.45) is 0 Å². The Morgan fingerprint density at radius 3 is 2.61 bits per heavy atom. The second-order valence-corrected chi connectivity index (χ2v) is 4.87. The highest BCUT2D eigenvalue weighted by molar-refractivity contribution is 6.30. The highest BCUT2D eigenvalue weighted by atomic mass is 35.5. The van der Waals surface area contributed by atoms with E-state index >= 15 is 0 Å². The van der Waals surface area contributed by atoms with Gasteiger partial charge in [-0.15, -0.1) is 0 Å². The first kappa shape index (κ1) is 13.0. The van der Waals surface area contributed by atoms with Crippen molar-refractivity contribution in [3.05, 3.63) is 64.7 Å². The van der Waals surface area contributed by atoms with Crippen LogP contribution in [0.1, 0.15) is 31.0 Å². The molecular formula is C16H18ClN. The number of hydrogen-bond acceptors (Lipinski definition) is 1. The smallest absolute Gasteiger partial charge is 0.0486 e. The van der Waals surface area contributed by atoms with Gasteiger partial charge < -0.3 is 5.32 Å². The lowest BCUT2D eigenvalue weighted by Gasteiger charge is -2.18. The van der Waals surface area contributed by atoms with Gasteiger partial charge in [-0.1, -0.05) is 48.9 Å². The quantitative estimate of drug-likeness (QED) is 0.808. The summed E-state index contributed by atoms with van der Waals surface area (Å²) >= 11 is 6.02. The highest BCUT2D eigenvalue weighted by Crippen LogP contribution is 2.24. The maximum atomic E-state index is 6.02. The lowest BCUT2D eigenvalue weighted by Crippen LogP contribution is -2.08. The molecule has 0 radical (unpaired) electrons. The summed E-state index contributed by atoms with van der Waals surface area (Å²) in [5, 5.41) is 4.33. The Morgan fingerprint density at radius 1 is 1.11 bits per heavy atom. The molecule has 0 aromatic heterocycles. The van der Waals surface area contributed by atoms with Crippen LogP contribution in [0.4, 0.5) is 5.69 Å². The van der Waals surface area contributed by atoms with Crippen molar-refractivity contribution in [2.45, 2.75) is 26.3 Å². The fourth-order valence-corrected chi connectivity index (χ4v) is 2.26. The Morgan fingerprint density at radius 2 is 1.89 bits per heavy atom. The highest BCUT2D eigenvalue weighted by Gasteiger charge is 2.07. The van der Waals surface area contributed by atoms with Crippen LogP contribution in [0.3, 0.4) is 0 Å². The lowest BCUT2D eigenvalue weighted by molar-refractivity contribution is 0.879. The van der Waals surface area contributed by atoms with Crippen molar-refractivity contribution in [3.63, 3.8) is 0 Å². The van der Waals surface area contributed by atoms with Crippen LogP contribution in [0.2, 0.25) is 5.02 Å². The molecule has 94 valence electrons. The van der Waals surface area contributed by atoms with Crippen molar-refractivity contribution in [1.29, 1.82) is 0 Å². The molecule has 0 spiro atoms. The van der Waals surface area contributed by atoms with E-state index in [2.05, 4.69) is 49.5 Å². The van der Waals surface area contributed by atoms with Gasteiger partial charge in [0.2, 0.25) is 0 Å². The van der Waals surface area contributed by atoms with Gasteiger partial charge in [0.25, 0.3) is 0 Å². The average Bonchev–Trinajstić information content (AvgIpc) is 2.39. The molecule has 1 atom stereocenters. The van der Waals surface area contributed by atoms with E-state index in [4.69, 9.17) is 11.6 Å². The number of benzene rings is 2. The van der Waals surface area contributed by atoms with Crippen molar-refractivity contribution >= 4 is 17.3 Å². The van der Waals surface area contributed by atoms with Gasteiger partial charge in [0.05, 0.1) is 0 Å². The van der Waals surface area contributed by atoms with E-state index in [-0.39, 0.29) is 6.04 Å². The van der Waals surface area contributed by atoms with E-state index in [1.807, 2.05) is 18.2 Å². The zero-order valence-electron chi connectivity index (χ0n) is 10.8. The number of hydrogen-bond donors (Lipinski definition) is 1. The minimum Gasteiger partial charge on any atom is -0.378 e. The predicted molar refractivity (Wildman–Crippen MR) is 79.3 cm³/mol. The molecule has 0 bridgehead atoms. The molecule has 1 nitrogen and oxygen atoms in total. The first-order valence-corrected chi connectivity index (χ1v) is 6.68. The molecule has 2 aromatic rings. The molecule has 0 amide bonds. The molecule has 0 saturated carbocycles. The van der Waals surface area contributed by atoms with Crippen LogP contribution in [0, 0.1) is 0 Å². The zero-order chi connectivity index (χ0) is 13.0. The normalized spacial score (nSPS) is 12.2. The molecule has 0 saturated heterocycles. The fourth-order valence-electron chi connectivity index (χ4n) is 2.06. The third-order valence-corrected chi connectivity index (χ3v) is 3.35. The first-order valence-electron chi connectivity index (χ1n) is 6.30. The third kappa shape index (κ3) is 3.05. The standard InChI is InChI=1S/C16H18ClN/c1-3-13-7-4-5-10-16(13)18-12(2)14-8-6-9-15(17)11-14/h4-12,18H,3H2,1-2H3. The van der Waals surface area contributed by atoms with E-state index in [0.29, 0.717) is 0 Å². The van der Waals surface area contributed by atoms with Crippen LogP contribution < -0.4 is 5.32 Å². The summed E-state index contributed by atoms with van der Waals surface area (Å²) in [5.74, 6) is 0. The van der Waals surface area contributed by atoms with Crippen LogP contribution in [0.5, 0.6) is 0 Å². The summed E-state index contributed by atoms with van der Waals surface area (Å²) in [6.45, 7) is 4.32. The second-order valence-electron chi connectivity index (χ2n) is 4.43. The SMILES string of the molecule is CCc1ccccc1NC(C)c1cccc(Cl)c1. The Labute approximate surface area is 114 Å². The summed E-state index contributed by atoms with van der Waals surface area (Å²) in [5.41, 5.74) is 3.74. The molecule has 2 heteroatoms. The fraction of sp³-hybridized carbons (Fsp3) is 0.250. The molecule has 0 aliphatic rings. The van der Waals surface area contributed by atoms with Crippen LogP contribution in [0.25, 0.3) is 0 Å². The molecule has 2 aromatic carbocycles. The van der Waals surface area contributed by atoms with Gasteiger partial charge in [0.1, 0.15) is 0 Å². The van der Waals surface area contributed by atoms with Crippen molar-refractivity contribution < 1.29 is 0 Å². The number of aryl methyl sites for hydroxylation is 1. The number of para-hydroxylation sites is 1. The summed E-state index contributed by atoms with van der Waals surface area (Å²) in [7, 11) is 0. The van der Waals surface area contributed by atoms with E-state index < -0.39 is 0 Å². The van der Waals surface area contributed by atoms with Crippen molar-refractivity contribution in [3.8, 4) is 0 Å². The first-order chi connectivity index (χ1) is 8.70. The van der Waals surface area contributed by atoms with E-state index in [1.165, 1.54) is 16.8 Å². The largest absolute Gasteiger partial charge is 0.378 e. The molecule has 0 heterocycles. The number of rotatable bonds is 4. The Hall–Kier alpha value is -1.47. The van der Waals surface area contributed by atoms with Gasteiger partial charge in [0.15, 0.2) is 0 Å². The minimum atomic E-state index is 0.247. The summed E-state index contributed by atoms with van der Waals surface area (Å²) < 4.78 is 0. The van der Waals surface area contributed by atoms with Crippen molar-refractivity contribution in [2.75, 3.05) is 5.32 Å². The number of anilines is 1. The van der Waals surface area contributed by atoms with Gasteiger partial charge in [-0.05, 0) is 42.7 Å². The predicted octanol–water partition coefficient (Wildman–Crippen LogP) is 5.08. The van der Waals surface area contributed by atoms with Crippen LogP contribution in [-0.2, 0) is 6.42 Å². The molecule has 2 rings (SSSR count). The summed E-state index contributed by atoms with van der Waals surface area (Å²) in [6, 6.07) is 16.7. The van der Waals surface area contributed by atoms with Crippen LogP contribution in [-0.4, -0.2) is 0 Å². The summed E-state index contributed by atoms with van der Waals surface area (Å²) in [4.78, 5) is 0. The molecule has 0 aliphatic heterocycles. The van der Waals surface area contributed by atoms with Gasteiger partial charge in [-0.2, -0.15) is 0 Å². The number of halogens is 1. The molecule has 1 unspecified atom stereocenters. The van der Waals surface area contributed by atoms with E-state index in [1.54, 1.807) is 0 Å². The maximum Gasteiger partial charge on any atom is 0.0486 e. The van der Waals surface area contributed by atoms with Gasteiger partial charge in [0, 0.05) is 16.8 Å². The van der Waals surface area contributed by atoms with Crippen LogP contribution >= 0.6 is 11.6 Å². The third-order valence-electron chi connectivity index (χ3n) is 3.12.